The number of ether oxygens (including phenoxy) is 1. The molecule has 1 aromatic rings. The molecule has 0 fully saturated rings. The van der Waals surface area contributed by atoms with Crippen LogP contribution in [0.15, 0.2) is 11.1 Å². The highest BCUT2D eigenvalue weighted by atomic mass is 16.5. The number of carbonyl (C=O) groups excluding carboxylic acids is 1. The van der Waals surface area contributed by atoms with Gasteiger partial charge in [0.1, 0.15) is 5.56 Å². The minimum atomic E-state index is -0.727. The summed E-state index contributed by atoms with van der Waals surface area (Å²) in [5.41, 5.74) is 4.85. The van der Waals surface area contributed by atoms with Crippen molar-refractivity contribution in [2.45, 2.75) is 6.54 Å². The fourth-order valence-electron chi connectivity index (χ4n) is 0.904. The second kappa shape index (κ2) is 3.81. The van der Waals surface area contributed by atoms with Gasteiger partial charge in [0, 0.05) is 6.54 Å². The summed E-state index contributed by atoms with van der Waals surface area (Å²) in [6, 6.07) is 0. The highest BCUT2D eigenvalue weighted by Crippen LogP contribution is 1.98. The lowest BCUT2D eigenvalue weighted by molar-refractivity contribution is 0.0596. The summed E-state index contributed by atoms with van der Waals surface area (Å²) in [4.78, 5) is 28.2. The summed E-state index contributed by atoms with van der Waals surface area (Å²) >= 11 is 0. The number of aromatic nitrogens is 2. The molecule has 0 aliphatic rings. The quantitative estimate of drug-likeness (QED) is 0.574. The van der Waals surface area contributed by atoms with Crippen molar-refractivity contribution in [3.63, 3.8) is 0 Å². The summed E-state index contributed by atoms with van der Waals surface area (Å²) < 4.78 is 4.41. The Kier molecular flexibility index (Phi) is 2.76. The molecule has 0 aliphatic carbocycles. The number of rotatable bonds is 2. The Hall–Kier alpha value is -1.69. The van der Waals surface area contributed by atoms with Crippen molar-refractivity contribution in [2.75, 3.05) is 7.11 Å². The van der Waals surface area contributed by atoms with Crippen LogP contribution in [-0.2, 0) is 11.3 Å². The third-order valence-corrected chi connectivity index (χ3v) is 1.51. The Bertz CT molecular complexity index is 371. The molecule has 1 heterocycles. The molecule has 0 radical (unpaired) electrons. The molecule has 0 amide bonds. The third kappa shape index (κ3) is 1.73. The van der Waals surface area contributed by atoms with Crippen molar-refractivity contribution < 1.29 is 9.53 Å². The number of nitrogens with one attached hydrogen (secondary N) is 1. The van der Waals surface area contributed by atoms with E-state index < -0.39 is 11.5 Å². The van der Waals surface area contributed by atoms with Crippen LogP contribution in [0.25, 0.3) is 0 Å². The molecule has 13 heavy (non-hydrogen) atoms. The molecule has 1 rings (SSSR count). The van der Waals surface area contributed by atoms with E-state index in [-0.39, 0.29) is 17.8 Å². The molecule has 0 aliphatic heterocycles. The second-order valence-electron chi connectivity index (χ2n) is 2.25. The van der Waals surface area contributed by atoms with Gasteiger partial charge in [-0.15, -0.1) is 0 Å². The van der Waals surface area contributed by atoms with Gasteiger partial charge in [-0.3, -0.25) is 4.79 Å². The maximum absolute atomic E-state index is 11.1. The van der Waals surface area contributed by atoms with Crippen LogP contribution in [0.4, 0.5) is 0 Å². The van der Waals surface area contributed by atoms with Crippen LogP contribution in [0, 0.1) is 0 Å². The zero-order chi connectivity index (χ0) is 9.84. The van der Waals surface area contributed by atoms with E-state index in [1.165, 1.54) is 13.4 Å². The monoisotopic (exact) mass is 183 g/mol. The summed E-state index contributed by atoms with van der Waals surface area (Å²) in [7, 11) is 1.19. The zero-order valence-corrected chi connectivity index (χ0v) is 7.03. The number of esters is 1. The number of nitrogens with zero attached hydrogens (tertiary/aromatic N) is 1. The molecular formula is C7H9N3O3. The zero-order valence-electron chi connectivity index (χ0n) is 7.03. The SMILES string of the molecule is COC(=O)c1c(CN)nc[nH]c1=O. The Morgan fingerprint density at radius 2 is 2.46 bits per heavy atom. The summed E-state index contributed by atoms with van der Waals surface area (Å²) in [5.74, 6) is -0.727. The standard InChI is InChI=1S/C7H9N3O3/c1-13-7(12)5-4(2-8)9-3-10-6(5)11/h3H,2,8H2,1H3,(H,9,10,11). The first-order chi connectivity index (χ1) is 6.20. The van der Waals surface area contributed by atoms with E-state index in [9.17, 15) is 9.59 Å². The van der Waals surface area contributed by atoms with Gasteiger partial charge in [-0.05, 0) is 0 Å². The summed E-state index contributed by atoms with van der Waals surface area (Å²) in [6.45, 7) is 0.0222. The molecule has 0 spiro atoms. The molecule has 0 bridgehead atoms. The van der Waals surface area contributed by atoms with E-state index >= 15 is 0 Å². The normalized spacial score (nSPS) is 9.69. The Labute approximate surface area is 73.7 Å². The topological polar surface area (TPSA) is 98.1 Å². The molecule has 0 atom stereocenters. The van der Waals surface area contributed by atoms with Crippen LogP contribution in [0.2, 0.25) is 0 Å². The second-order valence-corrected chi connectivity index (χ2v) is 2.25. The lowest BCUT2D eigenvalue weighted by Gasteiger charge is -2.01. The van der Waals surface area contributed by atoms with Gasteiger partial charge in [0.05, 0.1) is 19.1 Å². The van der Waals surface area contributed by atoms with E-state index in [1.807, 2.05) is 0 Å². The minimum Gasteiger partial charge on any atom is -0.465 e. The lowest BCUT2D eigenvalue weighted by Crippen LogP contribution is -2.23. The van der Waals surface area contributed by atoms with Gasteiger partial charge in [0.15, 0.2) is 0 Å². The van der Waals surface area contributed by atoms with Crippen LogP contribution >= 0.6 is 0 Å². The number of hydrogen-bond donors (Lipinski definition) is 2. The first-order valence-electron chi connectivity index (χ1n) is 3.55. The number of hydrogen-bond acceptors (Lipinski definition) is 5. The number of nitrogens with two attached hydrogens (primary N) is 1. The fourth-order valence-corrected chi connectivity index (χ4v) is 0.904. The smallest absolute Gasteiger partial charge is 0.345 e. The highest BCUT2D eigenvalue weighted by molar-refractivity contribution is 5.89. The first kappa shape index (κ1) is 9.40. The van der Waals surface area contributed by atoms with Gasteiger partial charge >= 0.3 is 5.97 Å². The fraction of sp³-hybridized carbons (Fsp3) is 0.286. The third-order valence-electron chi connectivity index (χ3n) is 1.51. The predicted octanol–water partition coefficient (Wildman–Crippen LogP) is -0.985. The van der Waals surface area contributed by atoms with Gasteiger partial charge in [-0.1, -0.05) is 0 Å². The molecule has 70 valence electrons. The van der Waals surface area contributed by atoms with Crippen LogP contribution in [0.3, 0.4) is 0 Å². The molecule has 0 aromatic carbocycles. The Morgan fingerprint density at radius 1 is 1.77 bits per heavy atom. The maximum Gasteiger partial charge on any atom is 0.345 e. The van der Waals surface area contributed by atoms with Gasteiger partial charge in [-0.2, -0.15) is 0 Å². The van der Waals surface area contributed by atoms with Gasteiger partial charge in [0.2, 0.25) is 0 Å². The highest BCUT2D eigenvalue weighted by Gasteiger charge is 2.15. The Morgan fingerprint density at radius 3 is 3.00 bits per heavy atom. The minimum absolute atomic E-state index is 0.0222. The molecule has 6 nitrogen and oxygen atoms in total. The Balaban J connectivity index is 3.31. The molecule has 6 heteroatoms. The summed E-state index contributed by atoms with van der Waals surface area (Å²) in [6.07, 6.45) is 1.19. The molecule has 0 saturated carbocycles. The maximum atomic E-state index is 11.1. The first-order valence-corrected chi connectivity index (χ1v) is 3.55. The van der Waals surface area contributed by atoms with Crippen LogP contribution in [-0.4, -0.2) is 23.0 Å². The van der Waals surface area contributed by atoms with Gasteiger partial charge in [-0.25, -0.2) is 9.78 Å². The van der Waals surface area contributed by atoms with E-state index in [2.05, 4.69) is 14.7 Å². The van der Waals surface area contributed by atoms with Crippen molar-refractivity contribution in [2.24, 2.45) is 5.73 Å². The summed E-state index contributed by atoms with van der Waals surface area (Å²) in [5, 5.41) is 0. The molecule has 3 N–H and O–H groups in total. The number of carbonyl (C=O) groups is 1. The average Bonchev–Trinajstić information content (AvgIpc) is 2.16. The number of H-pyrrole nitrogens is 1. The predicted molar refractivity (Wildman–Crippen MR) is 44.1 cm³/mol. The molecule has 0 unspecified atom stereocenters. The number of methoxy groups -OCH3 is 1. The van der Waals surface area contributed by atoms with E-state index in [1.54, 1.807) is 0 Å². The van der Waals surface area contributed by atoms with Gasteiger partial charge < -0.3 is 15.5 Å². The van der Waals surface area contributed by atoms with Crippen molar-refractivity contribution in [3.8, 4) is 0 Å². The molecule has 1 aromatic heterocycles. The van der Waals surface area contributed by atoms with Crippen LogP contribution < -0.4 is 11.3 Å². The van der Waals surface area contributed by atoms with Crippen LogP contribution in [0.1, 0.15) is 16.1 Å². The molecule has 0 saturated heterocycles. The van der Waals surface area contributed by atoms with Gasteiger partial charge in [0.25, 0.3) is 5.56 Å². The van der Waals surface area contributed by atoms with Crippen molar-refractivity contribution >= 4 is 5.97 Å². The average molecular weight is 183 g/mol. The van der Waals surface area contributed by atoms with E-state index in [0.717, 1.165) is 0 Å². The molecular weight excluding hydrogens is 174 g/mol. The van der Waals surface area contributed by atoms with E-state index in [4.69, 9.17) is 5.73 Å². The number of aromatic amines is 1. The van der Waals surface area contributed by atoms with E-state index in [0.29, 0.717) is 0 Å². The lowest BCUT2D eigenvalue weighted by atomic mass is 10.2. The van der Waals surface area contributed by atoms with Crippen LogP contribution in [0.5, 0.6) is 0 Å². The largest absolute Gasteiger partial charge is 0.465 e. The van der Waals surface area contributed by atoms with Crippen molar-refractivity contribution in [3.05, 3.63) is 27.9 Å². The van der Waals surface area contributed by atoms with Crippen molar-refractivity contribution in [1.82, 2.24) is 9.97 Å². The van der Waals surface area contributed by atoms with Crippen molar-refractivity contribution in [1.29, 1.82) is 0 Å².